The molecule has 6 nitrogen and oxygen atoms in total. The number of ketones is 1. The molecule has 1 N–H and O–H groups in total. The van der Waals surface area contributed by atoms with Crippen LogP contribution in [0.25, 0.3) is 0 Å². The number of thioether (sulfide) groups is 1. The van der Waals surface area contributed by atoms with Crippen LogP contribution in [0, 0.1) is 12.8 Å². The third kappa shape index (κ3) is 4.26. The van der Waals surface area contributed by atoms with E-state index in [1.54, 1.807) is 42.5 Å². The SMILES string of the molecule is COC(=O)C1C(=O)c2ccccc2N=C1SCC(=O)Nc1cc(Cl)ccc1C. The van der Waals surface area contributed by atoms with Gasteiger partial charge in [0.2, 0.25) is 5.91 Å². The van der Waals surface area contributed by atoms with Gasteiger partial charge in [-0.15, -0.1) is 0 Å². The van der Waals surface area contributed by atoms with Gasteiger partial charge in [-0.2, -0.15) is 0 Å². The first-order valence-electron chi connectivity index (χ1n) is 8.39. The average molecular weight is 417 g/mol. The highest BCUT2D eigenvalue weighted by Crippen LogP contribution is 2.33. The molecule has 1 heterocycles. The van der Waals surface area contributed by atoms with Crippen LogP contribution in [-0.2, 0) is 14.3 Å². The van der Waals surface area contributed by atoms with Gasteiger partial charge < -0.3 is 10.1 Å². The number of rotatable bonds is 4. The minimum absolute atomic E-state index is 0.0201. The maximum Gasteiger partial charge on any atom is 0.323 e. The van der Waals surface area contributed by atoms with Crippen molar-refractivity contribution in [1.82, 2.24) is 0 Å². The molecule has 0 fully saturated rings. The topological polar surface area (TPSA) is 84.8 Å². The van der Waals surface area contributed by atoms with E-state index in [-0.39, 0.29) is 22.5 Å². The van der Waals surface area contributed by atoms with E-state index in [2.05, 4.69) is 10.3 Å². The van der Waals surface area contributed by atoms with Gasteiger partial charge in [0.05, 0.1) is 23.6 Å². The normalized spacial score (nSPS) is 15.5. The summed E-state index contributed by atoms with van der Waals surface area (Å²) in [5, 5.41) is 3.53. The van der Waals surface area contributed by atoms with E-state index in [1.807, 2.05) is 6.92 Å². The zero-order chi connectivity index (χ0) is 20.3. The molecule has 0 radical (unpaired) electrons. The molecule has 8 heteroatoms. The van der Waals surface area contributed by atoms with Gasteiger partial charge in [0, 0.05) is 16.3 Å². The summed E-state index contributed by atoms with van der Waals surface area (Å²) in [5.41, 5.74) is 2.31. The highest BCUT2D eigenvalue weighted by atomic mass is 35.5. The molecule has 2 aromatic carbocycles. The number of methoxy groups -OCH3 is 1. The van der Waals surface area contributed by atoms with E-state index in [4.69, 9.17) is 16.3 Å². The Kier molecular flexibility index (Phi) is 6.16. The van der Waals surface area contributed by atoms with Crippen molar-refractivity contribution in [2.75, 3.05) is 18.2 Å². The van der Waals surface area contributed by atoms with Gasteiger partial charge in [-0.3, -0.25) is 14.4 Å². The summed E-state index contributed by atoms with van der Waals surface area (Å²) < 4.78 is 4.77. The summed E-state index contributed by atoms with van der Waals surface area (Å²) >= 11 is 7.01. The van der Waals surface area contributed by atoms with Crippen molar-refractivity contribution in [2.45, 2.75) is 6.92 Å². The van der Waals surface area contributed by atoms with Gasteiger partial charge in [-0.1, -0.05) is 41.6 Å². The second-order valence-electron chi connectivity index (χ2n) is 6.08. The number of amides is 1. The van der Waals surface area contributed by atoms with Crippen molar-refractivity contribution in [3.8, 4) is 0 Å². The number of halogens is 1. The van der Waals surface area contributed by atoms with Crippen LogP contribution >= 0.6 is 23.4 Å². The standard InChI is InChI=1S/C20H17ClN2O4S/c1-11-7-8-12(21)9-15(11)22-16(24)10-28-19-17(20(26)27-2)18(25)13-5-3-4-6-14(13)23-19/h3-9,17H,10H2,1-2H3,(H,22,24). The van der Waals surface area contributed by atoms with Crippen molar-refractivity contribution in [3.05, 3.63) is 58.6 Å². The molecule has 0 aromatic heterocycles. The third-order valence-corrected chi connectivity index (χ3v) is 5.44. The lowest BCUT2D eigenvalue weighted by Gasteiger charge is -2.21. The van der Waals surface area contributed by atoms with Crippen LogP contribution in [0.2, 0.25) is 5.02 Å². The van der Waals surface area contributed by atoms with Crippen molar-refractivity contribution < 1.29 is 19.1 Å². The Balaban J connectivity index is 1.78. The van der Waals surface area contributed by atoms with Crippen LogP contribution in [0.1, 0.15) is 15.9 Å². The first-order chi connectivity index (χ1) is 13.4. The van der Waals surface area contributed by atoms with Crippen LogP contribution in [0.5, 0.6) is 0 Å². The molecular weight excluding hydrogens is 400 g/mol. The number of esters is 1. The molecule has 28 heavy (non-hydrogen) atoms. The molecule has 3 rings (SSSR count). The maximum absolute atomic E-state index is 12.7. The Morgan fingerprint density at radius 3 is 2.75 bits per heavy atom. The molecule has 1 aliphatic rings. The van der Waals surface area contributed by atoms with Crippen LogP contribution in [0.4, 0.5) is 11.4 Å². The van der Waals surface area contributed by atoms with Gasteiger partial charge >= 0.3 is 5.97 Å². The second-order valence-corrected chi connectivity index (χ2v) is 7.52. The number of hydrogen-bond acceptors (Lipinski definition) is 6. The number of anilines is 1. The highest BCUT2D eigenvalue weighted by molar-refractivity contribution is 8.14. The first kappa shape index (κ1) is 20.1. The number of para-hydroxylation sites is 1. The van der Waals surface area contributed by atoms with Crippen LogP contribution in [-0.4, -0.2) is 35.6 Å². The molecule has 1 amide bonds. The summed E-state index contributed by atoms with van der Waals surface area (Å²) in [4.78, 5) is 41.7. The number of ether oxygens (including phenoxy) is 1. The van der Waals surface area contributed by atoms with E-state index in [0.717, 1.165) is 17.3 Å². The Bertz CT molecular complexity index is 990. The predicted octanol–water partition coefficient (Wildman–Crippen LogP) is 4.04. The fraction of sp³-hybridized carbons (Fsp3) is 0.200. The van der Waals surface area contributed by atoms with Crippen molar-refractivity contribution in [1.29, 1.82) is 0 Å². The molecule has 0 spiro atoms. The third-order valence-electron chi connectivity index (χ3n) is 4.17. The lowest BCUT2D eigenvalue weighted by atomic mass is 9.94. The molecule has 2 aromatic rings. The molecule has 1 atom stereocenters. The highest BCUT2D eigenvalue weighted by Gasteiger charge is 2.38. The second kappa shape index (κ2) is 8.58. The molecular formula is C20H17ClN2O4S. The summed E-state index contributed by atoms with van der Waals surface area (Å²) in [6.07, 6.45) is 0. The minimum atomic E-state index is -1.16. The summed E-state index contributed by atoms with van der Waals surface area (Å²) in [5.74, 6) is -2.56. The van der Waals surface area contributed by atoms with Crippen molar-refractivity contribution in [3.63, 3.8) is 0 Å². The smallest absolute Gasteiger partial charge is 0.323 e. The van der Waals surface area contributed by atoms with E-state index < -0.39 is 11.9 Å². The van der Waals surface area contributed by atoms with Crippen LogP contribution in [0.3, 0.4) is 0 Å². The van der Waals surface area contributed by atoms with E-state index in [1.165, 1.54) is 7.11 Å². The molecule has 0 aliphatic carbocycles. The van der Waals surface area contributed by atoms with Gasteiger partial charge in [-0.25, -0.2) is 4.99 Å². The van der Waals surface area contributed by atoms with Gasteiger partial charge in [0.25, 0.3) is 0 Å². The Labute approximate surface area is 171 Å². The Hall–Kier alpha value is -2.64. The van der Waals surface area contributed by atoms with Crippen molar-refractivity contribution in [2.24, 2.45) is 10.9 Å². The van der Waals surface area contributed by atoms with Gasteiger partial charge in [0.15, 0.2) is 11.7 Å². The molecule has 0 saturated heterocycles. The monoisotopic (exact) mass is 416 g/mol. The average Bonchev–Trinajstić information content (AvgIpc) is 2.69. The minimum Gasteiger partial charge on any atom is -0.468 e. The summed E-state index contributed by atoms with van der Waals surface area (Å²) in [6, 6.07) is 12.0. The van der Waals surface area contributed by atoms with Crippen LogP contribution in [0.15, 0.2) is 47.5 Å². The van der Waals surface area contributed by atoms with Crippen LogP contribution < -0.4 is 5.32 Å². The predicted molar refractivity (Wildman–Crippen MR) is 111 cm³/mol. The van der Waals surface area contributed by atoms with E-state index >= 15 is 0 Å². The maximum atomic E-state index is 12.7. The number of Topliss-reactive ketones (excluding diaryl/α,β-unsaturated/α-hetero) is 1. The van der Waals surface area contributed by atoms with Crippen molar-refractivity contribution >= 4 is 57.4 Å². The molecule has 1 aliphatic heterocycles. The number of fused-ring (bicyclic) bond motifs is 1. The number of nitrogens with zero attached hydrogens (tertiary/aromatic N) is 1. The number of aryl methyl sites for hydroxylation is 1. The molecule has 0 bridgehead atoms. The Morgan fingerprint density at radius 2 is 2.00 bits per heavy atom. The summed E-state index contributed by atoms with van der Waals surface area (Å²) in [7, 11) is 1.22. The number of benzene rings is 2. The number of carbonyl (C=O) groups excluding carboxylic acids is 3. The molecule has 1 unspecified atom stereocenters. The number of carbonyl (C=O) groups is 3. The largest absolute Gasteiger partial charge is 0.468 e. The fourth-order valence-corrected chi connectivity index (χ4v) is 3.78. The lowest BCUT2D eigenvalue weighted by molar-refractivity contribution is -0.141. The number of hydrogen-bond donors (Lipinski definition) is 1. The van der Waals surface area contributed by atoms with E-state index in [9.17, 15) is 14.4 Å². The fourth-order valence-electron chi connectivity index (χ4n) is 2.73. The lowest BCUT2D eigenvalue weighted by Crippen LogP contribution is -2.34. The quantitative estimate of drug-likeness (QED) is 0.600. The first-order valence-corrected chi connectivity index (χ1v) is 9.75. The zero-order valence-corrected chi connectivity index (χ0v) is 16.8. The van der Waals surface area contributed by atoms with E-state index in [0.29, 0.717) is 22.0 Å². The molecule has 144 valence electrons. The van der Waals surface area contributed by atoms with Gasteiger partial charge in [0.1, 0.15) is 0 Å². The van der Waals surface area contributed by atoms with Gasteiger partial charge in [-0.05, 0) is 36.8 Å². The Morgan fingerprint density at radius 1 is 1.25 bits per heavy atom. The number of nitrogens with one attached hydrogen (secondary N) is 1. The number of aliphatic imine (C=N–C) groups is 1. The summed E-state index contributed by atoms with van der Waals surface area (Å²) in [6.45, 7) is 1.85. The zero-order valence-electron chi connectivity index (χ0n) is 15.2. The molecule has 0 saturated carbocycles.